The molecule has 23 heavy (non-hydrogen) atoms. The highest BCUT2D eigenvalue weighted by Gasteiger charge is 2.29. The van der Waals surface area contributed by atoms with Gasteiger partial charge < -0.3 is 14.5 Å². The molecule has 1 fully saturated rings. The molecule has 0 bridgehead atoms. The summed E-state index contributed by atoms with van der Waals surface area (Å²) in [6.45, 7) is 3.11. The van der Waals surface area contributed by atoms with Crippen LogP contribution in [-0.4, -0.2) is 59.3 Å². The number of hydrogen-bond donors (Lipinski definition) is 0. The van der Waals surface area contributed by atoms with Crippen LogP contribution in [0.25, 0.3) is 0 Å². The molecule has 7 nitrogen and oxygen atoms in total. The van der Waals surface area contributed by atoms with Crippen LogP contribution in [0.4, 0.5) is 5.82 Å². The van der Waals surface area contributed by atoms with Gasteiger partial charge in [0.25, 0.3) is 5.91 Å². The van der Waals surface area contributed by atoms with Crippen molar-refractivity contribution in [2.75, 3.05) is 32.1 Å². The van der Waals surface area contributed by atoms with Gasteiger partial charge in [-0.3, -0.25) is 4.79 Å². The van der Waals surface area contributed by atoms with Gasteiger partial charge in [-0.2, -0.15) is 0 Å². The van der Waals surface area contributed by atoms with Crippen molar-refractivity contribution in [3.63, 3.8) is 0 Å². The number of carbonyl (C=O) groups is 1. The molecule has 2 aromatic rings. The fourth-order valence-electron chi connectivity index (χ4n) is 2.42. The lowest BCUT2D eigenvalue weighted by molar-refractivity contribution is 0.0766. The van der Waals surface area contributed by atoms with Crippen LogP contribution in [0, 0.1) is 6.92 Å². The number of carbonyl (C=O) groups excluding carboxylic acids is 1. The fraction of sp³-hybridized carbons (Fsp3) is 0.467. The number of rotatable bonds is 4. The van der Waals surface area contributed by atoms with Gasteiger partial charge in [-0.05, 0) is 13.0 Å². The van der Waals surface area contributed by atoms with Crippen molar-refractivity contribution in [3.05, 3.63) is 28.2 Å². The number of aryl methyl sites for hydroxylation is 1. The molecule has 0 spiro atoms. The van der Waals surface area contributed by atoms with Crippen LogP contribution in [0.15, 0.2) is 17.5 Å². The predicted octanol–water partition coefficient (Wildman–Crippen LogP) is 1.60. The average Bonchev–Trinajstić information content (AvgIpc) is 3.16. The Morgan fingerprint density at radius 3 is 2.83 bits per heavy atom. The third kappa shape index (κ3) is 3.58. The van der Waals surface area contributed by atoms with Gasteiger partial charge in [-0.25, -0.2) is 4.98 Å². The second-order valence-electron chi connectivity index (χ2n) is 5.66. The van der Waals surface area contributed by atoms with E-state index in [2.05, 4.69) is 15.2 Å². The highest BCUT2D eigenvalue weighted by molar-refractivity contribution is 7.09. The summed E-state index contributed by atoms with van der Waals surface area (Å²) in [6.07, 6.45) is 0.726. The zero-order valence-corrected chi connectivity index (χ0v) is 14.2. The molecule has 0 N–H and O–H groups in total. The first-order chi connectivity index (χ1) is 11.0. The van der Waals surface area contributed by atoms with E-state index in [9.17, 15) is 4.79 Å². The quantitative estimate of drug-likeness (QED) is 0.846. The van der Waals surface area contributed by atoms with Gasteiger partial charge in [0.2, 0.25) is 5.88 Å². The van der Waals surface area contributed by atoms with Gasteiger partial charge in [0.15, 0.2) is 5.82 Å². The normalized spacial score (nSPS) is 17.3. The lowest BCUT2D eigenvalue weighted by Gasteiger charge is -2.16. The van der Waals surface area contributed by atoms with Crippen LogP contribution in [0.3, 0.4) is 0 Å². The number of aromatic nitrogens is 3. The molecule has 122 valence electrons. The van der Waals surface area contributed by atoms with Crippen molar-refractivity contribution in [2.45, 2.75) is 19.4 Å². The first kappa shape index (κ1) is 15.7. The summed E-state index contributed by atoms with van der Waals surface area (Å²) in [5.74, 6) is 1.23. The van der Waals surface area contributed by atoms with E-state index in [1.807, 2.05) is 32.0 Å². The van der Waals surface area contributed by atoms with E-state index in [1.54, 1.807) is 16.3 Å². The number of ether oxygens (including phenoxy) is 1. The van der Waals surface area contributed by atoms with E-state index in [0.29, 0.717) is 24.7 Å². The van der Waals surface area contributed by atoms with Crippen LogP contribution in [0.2, 0.25) is 0 Å². The van der Waals surface area contributed by atoms with Crippen molar-refractivity contribution in [1.29, 1.82) is 0 Å². The zero-order chi connectivity index (χ0) is 16.4. The van der Waals surface area contributed by atoms with Crippen molar-refractivity contribution in [1.82, 2.24) is 20.1 Å². The summed E-state index contributed by atoms with van der Waals surface area (Å²) in [7, 11) is 3.82. The van der Waals surface area contributed by atoms with E-state index >= 15 is 0 Å². The first-order valence-corrected chi connectivity index (χ1v) is 8.30. The molecule has 0 saturated carbocycles. The number of hydrogen-bond acceptors (Lipinski definition) is 7. The van der Waals surface area contributed by atoms with Gasteiger partial charge in [0.05, 0.1) is 11.6 Å². The average molecular weight is 333 g/mol. The van der Waals surface area contributed by atoms with Gasteiger partial charge >= 0.3 is 0 Å². The molecule has 1 aliphatic rings. The van der Waals surface area contributed by atoms with Crippen molar-refractivity contribution < 1.29 is 9.53 Å². The largest absolute Gasteiger partial charge is 0.471 e. The van der Waals surface area contributed by atoms with E-state index in [1.165, 1.54) is 11.3 Å². The Morgan fingerprint density at radius 2 is 2.22 bits per heavy atom. The minimum absolute atomic E-state index is 0.0329. The minimum Gasteiger partial charge on any atom is -0.471 e. The van der Waals surface area contributed by atoms with Crippen molar-refractivity contribution in [3.8, 4) is 5.88 Å². The monoisotopic (exact) mass is 333 g/mol. The Labute approximate surface area is 138 Å². The fourth-order valence-corrected chi connectivity index (χ4v) is 3.00. The summed E-state index contributed by atoms with van der Waals surface area (Å²) < 4.78 is 5.83. The molecular weight excluding hydrogens is 314 g/mol. The first-order valence-electron chi connectivity index (χ1n) is 7.42. The van der Waals surface area contributed by atoms with E-state index in [-0.39, 0.29) is 12.0 Å². The standard InChI is InChI=1S/C15H19N5O2S/c1-10-16-12(9-23-10)15(21)20-7-6-11(8-20)22-14-5-4-13(17-18-14)19(2)3/h4-5,9,11H,6-8H2,1-3H3/t11-/m0/s1. The molecule has 0 aliphatic carbocycles. The second kappa shape index (κ2) is 6.49. The van der Waals surface area contributed by atoms with E-state index in [0.717, 1.165) is 17.2 Å². The van der Waals surface area contributed by atoms with Gasteiger partial charge in [-0.1, -0.05) is 0 Å². The van der Waals surface area contributed by atoms with E-state index < -0.39 is 0 Å². The number of anilines is 1. The number of thiazole rings is 1. The second-order valence-corrected chi connectivity index (χ2v) is 6.72. The van der Waals surface area contributed by atoms with Gasteiger partial charge in [-0.15, -0.1) is 21.5 Å². The van der Waals surface area contributed by atoms with Crippen LogP contribution < -0.4 is 9.64 Å². The summed E-state index contributed by atoms with van der Waals surface area (Å²) >= 11 is 1.49. The third-order valence-electron chi connectivity index (χ3n) is 3.64. The van der Waals surface area contributed by atoms with E-state index in [4.69, 9.17) is 4.74 Å². The molecule has 8 heteroatoms. The zero-order valence-electron chi connectivity index (χ0n) is 13.4. The number of likely N-dealkylation sites (tertiary alicyclic amines) is 1. The molecule has 1 aliphatic heterocycles. The summed E-state index contributed by atoms with van der Waals surface area (Å²) in [4.78, 5) is 20.3. The Bertz CT molecular complexity index is 685. The van der Waals surface area contributed by atoms with Gasteiger partial charge in [0.1, 0.15) is 11.8 Å². The number of nitrogens with zero attached hydrogens (tertiary/aromatic N) is 5. The molecule has 1 amide bonds. The highest BCUT2D eigenvalue weighted by atomic mass is 32.1. The lowest BCUT2D eigenvalue weighted by Crippen LogP contribution is -2.31. The van der Waals surface area contributed by atoms with Crippen molar-refractivity contribution in [2.24, 2.45) is 0 Å². The Balaban J connectivity index is 1.58. The molecule has 1 saturated heterocycles. The molecule has 3 heterocycles. The third-order valence-corrected chi connectivity index (χ3v) is 4.42. The highest BCUT2D eigenvalue weighted by Crippen LogP contribution is 2.20. The van der Waals surface area contributed by atoms with Crippen molar-refractivity contribution >= 4 is 23.1 Å². The van der Waals surface area contributed by atoms with Crippen LogP contribution in [0.1, 0.15) is 21.9 Å². The number of amides is 1. The molecular formula is C15H19N5O2S. The molecule has 1 atom stereocenters. The summed E-state index contributed by atoms with van der Waals surface area (Å²) in [5.41, 5.74) is 0.517. The summed E-state index contributed by atoms with van der Waals surface area (Å²) in [5, 5.41) is 10.9. The Morgan fingerprint density at radius 1 is 1.39 bits per heavy atom. The topological polar surface area (TPSA) is 71.5 Å². The van der Waals surface area contributed by atoms with Crippen LogP contribution in [-0.2, 0) is 0 Å². The maximum absolute atomic E-state index is 12.4. The SMILES string of the molecule is Cc1nc(C(=O)N2CC[C@H](Oc3ccc(N(C)C)nn3)C2)cs1. The summed E-state index contributed by atoms with van der Waals surface area (Å²) in [6, 6.07) is 3.66. The maximum atomic E-state index is 12.4. The van der Waals surface area contributed by atoms with Crippen LogP contribution >= 0.6 is 11.3 Å². The smallest absolute Gasteiger partial charge is 0.273 e. The molecule has 2 aromatic heterocycles. The molecule has 3 rings (SSSR count). The van der Waals surface area contributed by atoms with Gasteiger partial charge in [0, 0.05) is 38.5 Å². The Hall–Kier alpha value is -2.22. The van der Waals surface area contributed by atoms with Crippen LogP contribution in [0.5, 0.6) is 5.88 Å². The molecule has 0 aromatic carbocycles. The molecule has 0 radical (unpaired) electrons. The maximum Gasteiger partial charge on any atom is 0.273 e. The lowest BCUT2D eigenvalue weighted by atomic mass is 10.3. The predicted molar refractivity (Wildman–Crippen MR) is 88.1 cm³/mol. The molecule has 0 unspecified atom stereocenters. The minimum atomic E-state index is -0.0572. The Kier molecular flexibility index (Phi) is 4.42.